The van der Waals surface area contributed by atoms with E-state index >= 15 is 0 Å². The first kappa shape index (κ1) is 15.8. The molecule has 0 spiro atoms. The van der Waals surface area contributed by atoms with Crippen LogP contribution in [0.4, 0.5) is 5.69 Å². The highest BCUT2D eigenvalue weighted by Gasteiger charge is 2.27. The van der Waals surface area contributed by atoms with Crippen molar-refractivity contribution in [1.82, 2.24) is 20.6 Å². The zero-order chi connectivity index (χ0) is 16.6. The van der Waals surface area contributed by atoms with E-state index in [9.17, 15) is 8.42 Å². The third-order valence-electron chi connectivity index (χ3n) is 4.08. The molecular weight excluding hydrogens is 318 g/mol. The number of hydrogen-bond acceptors (Lipinski definition) is 7. The van der Waals surface area contributed by atoms with Crippen LogP contribution in [0, 0.1) is 6.92 Å². The van der Waals surface area contributed by atoms with Crippen molar-refractivity contribution in [3.8, 4) is 11.4 Å². The molecule has 2 aromatic rings. The lowest BCUT2D eigenvalue weighted by atomic mass is 10.0. The monoisotopic (exact) mass is 337 g/mol. The first-order chi connectivity index (χ1) is 10.9. The number of nitrogens with one attached hydrogen (secondary N) is 1. The molecule has 10 heteroatoms. The van der Waals surface area contributed by atoms with E-state index in [1.54, 1.807) is 13.0 Å². The fourth-order valence-electron chi connectivity index (χ4n) is 2.94. The second-order valence-corrected chi connectivity index (χ2v) is 7.22. The molecule has 1 aromatic heterocycles. The number of rotatable bonds is 3. The van der Waals surface area contributed by atoms with Gasteiger partial charge in [0, 0.05) is 24.8 Å². The highest BCUT2D eigenvalue weighted by atomic mass is 32.2. The Morgan fingerprint density at radius 3 is 2.57 bits per heavy atom. The Morgan fingerprint density at radius 1 is 1.30 bits per heavy atom. The van der Waals surface area contributed by atoms with Gasteiger partial charge in [0.05, 0.1) is 10.5 Å². The molecule has 0 atom stereocenters. The van der Waals surface area contributed by atoms with Crippen molar-refractivity contribution in [2.75, 3.05) is 18.0 Å². The van der Waals surface area contributed by atoms with Gasteiger partial charge < -0.3 is 10.6 Å². The molecule has 1 saturated heterocycles. The van der Waals surface area contributed by atoms with Gasteiger partial charge in [-0.1, -0.05) is 6.07 Å². The number of sulfonamides is 1. The topological polar surface area (TPSA) is 144 Å². The maximum atomic E-state index is 12.1. The summed E-state index contributed by atoms with van der Waals surface area (Å²) in [5.74, 6) is 0.280. The van der Waals surface area contributed by atoms with Crippen LogP contribution < -0.4 is 15.8 Å². The Bertz CT molecular complexity index is 796. The summed E-state index contributed by atoms with van der Waals surface area (Å²) < 4.78 is 24.2. The molecular formula is C13H19N7O2S. The minimum Gasteiger partial charge on any atom is -0.371 e. The van der Waals surface area contributed by atoms with Crippen LogP contribution in [0.5, 0.6) is 0 Å². The van der Waals surface area contributed by atoms with Crippen LogP contribution in [0.1, 0.15) is 18.4 Å². The van der Waals surface area contributed by atoms with Gasteiger partial charge in [-0.15, -0.1) is 5.10 Å². The largest absolute Gasteiger partial charge is 0.371 e. The first-order valence-electron chi connectivity index (χ1n) is 7.29. The summed E-state index contributed by atoms with van der Waals surface area (Å²) in [5.41, 5.74) is 7.65. The van der Waals surface area contributed by atoms with Crippen LogP contribution in [-0.4, -0.2) is 48.2 Å². The van der Waals surface area contributed by atoms with Crippen molar-refractivity contribution in [3.63, 3.8) is 0 Å². The second-order valence-electron chi connectivity index (χ2n) is 5.73. The zero-order valence-electron chi connectivity index (χ0n) is 12.7. The minimum atomic E-state index is -3.93. The summed E-state index contributed by atoms with van der Waals surface area (Å²) in [7, 11) is -3.93. The molecule has 23 heavy (non-hydrogen) atoms. The number of aromatic amines is 1. The van der Waals surface area contributed by atoms with Crippen LogP contribution in [-0.2, 0) is 10.0 Å². The molecule has 0 bridgehead atoms. The predicted octanol–water partition coefficient (Wildman–Crippen LogP) is -0.250. The van der Waals surface area contributed by atoms with Crippen molar-refractivity contribution in [2.45, 2.75) is 30.7 Å². The standard InChI is InChI=1S/C13H19N7O2S/c1-8-2-3-10(20-6-4-9(14)5-7-20)11(12(8)23(15,21)22)13-16-18-19-17-13/h2-3,9H,4-7,14H2,1H3,(H2,15,21,22)(H,16,17,18,19). The molecule has 1 aromatic carbocycles. The molecule has 3 rings (SSSR count). The predicted molar refractivity (Wildman–Crippen MR) is 85.1 cm³/mol. The average molecular weight is 337 g/mol. The molecule has 124 valence electrons. The maximum absolute atomic E-state index is 12.1. The van der Waals surface area contributed by atoms with Crippen LogP contribution in [0.3, 0.4) is 0 Å². The number of piperidine rings is 1. The van der Waals surface area contributed by atoms with Gasteiger partial charge in [0.25, 0.3) is 0 Å². The summed E-state index contributed by atoms with van der Waals surface area (Å²) in [6, 6.07) is 3.79. The number of anilines is 1. The van der Waals surface area contributed by atoms with Gasteiger partial charge in [0.15, 0.2) is 5.82 Å². The molecule has 1 fully saturated rings. The SMILES string of the molecule is Cc1ccc(N2CCC(N)CC2)c(-c2nnn[nH]2)c1S(N)(=O)=O. The van der Waals surface area contributed by atoms with E-state index < -0.39 is 10.0 Å². The van der Waals surface area contributed by atoms with E-state index in [-0.39, 0.29) is 16.8 Å². The Kier molecular flexibility index (Phi) is 4.04. The van der Waals surface area contributed by atoms with Crippen molar-refractivity contribution in [2.24, 2.45) is 10.9 Å². The summed E-state index contributed by atoms with van der Waals surface area (Å²) in [6.45, 7) is 3.18. The van der Waals surface area contributed by atoms with Crippen molar-refractivity contribution >= 4 is 15.7 Å². The molecule has 0 radical (unpaired) electrons. The van der Waals surface area contributed by atoms with Gasteiger partial charge in [-0.3, -0.25) is 0 Å². The van der Waals surface area contributed by atoms with Gasteiger partial charge in [-0.25, -0.2) is 18.7 Å². The van der Waals surface area contributed by atoms with E-state index in [0.717, 1.165) is 31.6 Å². The summed E-state index contributed by atoms with van der Waals surface area (Å²) >= 11 is 0. The molecule has 1 aliphatic heterocycles. The smallest absolute Gasteiger partial charge is 0.239 e. The Hall–Kier alpha value is -2.04. The zero-order valence-corrected chi connectivity index (χ0v) is 13.5. The molecule has 1 aliphatic rings. The van der Waals surface area contributed by atoms with Crippen molar-refractivity contribution in [1.29, 1.82) is 0 Å². The second kappa shape index (κ2) is 5.87. The minimum absolute atomic E-state index is 0.0448. The summed E-state index contributed by atoms with van der Waals surface area (Å²) in [4.78, 5) is 2.14. The molecule has 0 amide bonds. The Labute approximate surface area is 134 Å². The van der Waals surface area contributed by atoms with Crippen molar-refractivity contribution < 1.29 is 8.42 Å². The van der Waals surface area contributed by atoms with Gasteiger partial charge in [0.2, 0.25) is 10.0 Å². The van der Waals surface area contributed by atoms with Gasteiger partial charge >= 0.3 is 0 Å². The fourth-order valence-corrected chi connectivity index (χ4v) is 3.94. The van der Waals surface area contributed by atoms with Crippen molar-refractivity contribution in [3.05, 3.63) is 17.7 Å². The number of H-pyrrole nitrogens is 1. The van der Waals surface area contributed by atoms with E-state index in [1.165, 1.54) is 0 Å². The normalized spacial score (nSPS) is 16.7. The third-order valence-corrected chi connectivity index (χ3v) is 5.17. The highest BCUT2D eigenvalue weighted by Crippen LogP contribution is 2.37. The number of tetrazole rings is 1. The number of aromatic nitrogens is 4. The lowest BCUT2D eigenvalue weighted by Gasteiger charge is -2.33. The molecule has 0 unspecified atom stereocenters. The Balaban J connectivity index is 2.20. The number of benzene rings is 1. The highest BCUT2D eigenvalue weighted by molar-refractivity contribution is 7.89. The fraction of sp³-hybridized carbons (Fsp3) is 0.462. The van der Waals surface area contributed by atoms with Gasteiger partial charge in [-0.2, -0.15) is 0 Å². The average Bonchev–Trinajstić information content (AvgIpc) is 3.00. The molecule has 2 heterocycles. The molecule has 0 saturated carbocycles. The van der Waals surface area contributed by atoms with Crippen LogP contribution in [0.2, 0.25) is 0 Å². The Morgan fingerprint density at radius 2 is 2.00 bits per heavy atom. The number of hydrogen-bond donors (Lipinski definition) is 3. The van der Waals surface area contributed by atoms with E-state index in [0.29, 0.717) is 11.1 Å². The maximum Gasteiger partial charge on any atom is 0.239 e. The van der Waals surface area contributed by atoms with E-state index in [1.807, 2.05) is 6.07 Å². The van der Waals surface area contributed by atoms with E-state index in [4.69, 9.17) is 10.9 Å². The number of primary sulfonamides is 1. The number of nitrogens with two attached hydrogens (primary N) is 2. The summed E-state index contributed by atoms with van der Waals surface area (Å²) in [6.07, 6.45) is 1.68. The third kappa shape index (κ3) is 3.05. The molecule has 0 aliphatic carbocycles. The van der Waals surface area contributed by atoms with Gasteiger partial charge in [-0.05, 0) is 41.8 Å². The quantitative estimate of drug-likeness (QED) is 0.700. The first-order valence-corrected chi connectivity index (χ1v) is 8.83. The summed E-state index contributed by atoms with van der Waals surface area (Å²) in [5, 5.41) is 19.1. The van der Waals surface area contributed by atoms with Crippen LogP contribution in [0.15, 0.2) is 17.0 Å². The van der Waals surface area contributed by atoms with Crippen LogP contribution in [0.25, 0.3) is 11.4 Å². The number of nitrogens with zero attached hydrogens (tertiary/aromatic N) is 4. The lowest BCUT2D eigenvalue weighted by molar-refractivity contribution is 0.501. The van der Waals surface area contributed by atoms with E-state index in [2.05, 4.69) is 25.5 Å². The van der Waals surface area contributed by atoms with Crippen LogP contribution >= 0.6 is 0 Å². The lowest BCUT2D eigenvalue weighted by Crippen LogP contribution is -2.40. The van der Waals surface area contributed by atoms with Gasteiger partial charge in [0.1, 0.15) is 0 Å². The molecule has 5 N–H and O–H groups in total. The molecule has 9 nitrogen and oxygen atoms in total. The number of aryl methyl sites for hydroxylation is 1.